The third-order valence-corrected chi connectivity index (χ3v) is 7.29. The summed E-state index contributed by atoms with van der Waals surface area (Å²) in [6.07, 6.45) is 0. The maximum Gasteiger partial charge on any atom is 0.268 e. The monoisotopic (exact) mass is 430 g/mol. The van der Waals surface area contributed by atoms with E-state index >= 15 is 0 Å². The molecule has 0 aromatic heterocycles. The molecule has 0 radical (unpaired) electrons. The summed E-state index contributed by atoms with van der Waals surface area (Å²) in [5.41, 5.74) is 3.37. The van der Waals surface area contributed by atoms with Crippen LogP contribution in [0.5, 0.6) is 5.75 Å². The third kappa shape index (κ3) is 3.10. The molecule has 1 saturated heterocycles. The minimum atomic E-state index is -1.03. The van der Waals surface area contributed by atoms with E-state index in [4.69, 9.17) is 4.74 Å². The predicted octanol–water partition coefficient (Wildman–Crippen LogP) is 4.28. The second-order valence-electron chi connectivity index (χ2n) is 7.57. The van der Waals surface area contributed by atoms with E-state index in [1.54, 1.807) is 48.0 Å². The number of benzene rings is 3. The van der Waals surface area contributed by atoms with Crippen LogP contribution in [0.25, 0.3) is 0 Å². The van der Waals surface area contributed by atoms with Gasteiger partial charge in [-0.3, -0.25) is 9.59 Å². The molecule has 2 aliphatic heterocycles. The normalized spacial score (nSPS) is 19.7. The summed E-state index contributed by atoms with van der Waals surface area (Å²) in [5.74, 6) is 1.21. The van der Waals surface area contributed by atoms with Gasteiger partial charge in [0.1, 0.15) is 5.75 Å². The molecule has 0 unspecified atom stereocenters. The number of fused-ring (bicyclic) bond motifs is 2. The van der Waals surface area contributed by atoms with Crippen LogP contribution in [-0.2, 0) is 16.2 Å². The molecule has 3 aromatic rings. The molecule has 0 aliphatic carbocycles. The third-order valence-electron chi connectivity index (χ3n) is 5.87. The smallest absolute Gasteiger partial charge is 0.268 e. The van der Waals surface area contributed by atoms with Crippen LogP contribution in [0.4, 0.5) is 5.69 Å². The molecule has 31 heavy (non-hydrogen) atoms. The van der Waals surface area contributed by atoms with Crippen LogP contribution in [0.3, 0.4) is 0 Å². The Morgan fingerprint density at radius 3 is 2.45 bits per heavy atom. The van der Waals surface area contributed by atoms with Gasteiger partial charge in [0.05, 0.1) is 19.3 Å². The number of amides is 2. The van der Waals surface area contributed by atoms with Crippen molar-refractivity contribution in [2.45, 2.75) is 11.4 Å². The summed E-state index contributed by atoms with van der Waals surface area (Å²) < 4.78 is 5.21. The summed E-state index contributed by atoms with van der Waals surface area (Å²) in [6, 6.07) is 24.8. The van der Waals surface area contributed by atoms with E-state index in [-0.39, 0.29) is 11.8 Å². The first-order chi connectivity index (χ1) is 15.1. The maximum atomic E-state index is 13.9. The van der Waals surface area contributed by atoms with Gasteiger partial charge in [-0.2, -0.15) is 0 Å². The molecule has 2 amide bonds. The van der Waals surface area contributed by atoms with Crippen molar-refractivity contribution >= 4 is 29.3 Å². The number of carbonyl (C=O) groups excluding carboxylic acids is 2. The molecule has 1 fully saturated rings. The molecule has 0 bridgehead atoms. The first kappa shape index (κ1) is 19.7. The van der Waals surface area contributed by atoms with E-state index in [0.29, 0.717) is 30.2 Å². The summed E-state index contributed by atoms with van der Waals surface area (Å²) in [7, 11) is 1.60. The summed E-state index contributed by atoms with van der Waals surface area (Å²) in [5, 5.41) is 0. The van der Waals surface area contributed by atoms with Gasteiger partial charge < -0.3 is 14.5 Å². The van der Waals surface area contributed by atoms with Gasteiger partial charge >= 0.3 is 0 Å². The van der Waals surface area contributed by atoms with E-state index < -0.39 is 4.87 Å². The Kier molecular flexibility index (Phi) is 4.94. The van der Waals surface area contributed by atoms with Gasteiger partial charge in [-0.05, 0) is 35.9 Å². The Balaban J connectivity index is 1.55. The first-order valence-corrected chi connectivity index (χ1v) is 11.2. The van der Waals surface area contributed by atoms with Crippen molar-refractivity contribution in [3.05, 3.63) is 95.6 Å². The highest BCUT2D eigenvalue weighted by Crippen LogP contribution is 2.54. The zero-order chi connectivity index (χ0) is 21.4. The zero-order valence-corrected chi connectivity index (χ0v) is 18.0. The fourth-order valence-corrected chi connectivity index (χ4v) is 5.84. The molecule has 2 heterocycles. The van der Waals surface area contributed by atoms with Crippen LogP contribution in [0.2, 0.25) is 0 Å². The number of nitrogens with zero attached hydrogens (tertiary/aromatic N) is 2. The minimum Gasteiger partial charge on any atom is -0.497 e. The lowest BCUT2D eigenvalue weighted by Crippen LogP contribution is -2.50. The van der Waals surface area contributed by atoms with Crippen molar-refractivity contribution in [3.8, 4) is 5.75 Å². The highest BCUT2D eigenvalue weighted by molar-refractivity contribution is 8.01. The van der Waals surface area contributed by atoms with E-state index in [9.17, 15) is 9.59 Å². The number of anilines is 1. The minimum absolute atomic E-state index is 0.0538. The second-order valence-corrected chi connectivity index (χ2v) is 8.86. The maximum absolute atomic E-state index is 13.9. The topological polar surface area (TPSA) is 49.9 Å². The molecule has 5 nitrogen and oxygen atoms in total. The number of rotatable bonds is 4. The van der Waals surface area contributed by atoms with Gasteiger partial charge in [-0.25, -0.2) is 0 Å². The van der Waals surface area contributed by atoms with Crippen LogP contribution in [0.1, 0.15) is 21.5 Å². The lowest BCUT2D eigenvalue weighted by atomic mass is 10.0. The number of methoxy groups -OCH3 is 1. The summed E-state index contributed by atoms with van der Waals surface area (Å²) >= 11 is 1.55. The van der Waals surface area contributed by atoms with Gasteiger partial charge in [0, 0.05) is 23.4 Å². The molecule has 0 N–H and O–H groups in total. The number of hydrogen-bond donors (Lipinski definition) is 0. The van der Waals surface area contributed by atoms with Gasteiger partial charge in [0.15, 0.2) is 4.87 Å². The highest BCUT2D eigenvalue weighted by Gasteiger charge is 2.59. The average Bonchev–Trinajstić information content (AvgIpc) is 3.37. The van der Waals surface area contributed by atoms with Crippen molar-refractivity contribution in [1.29, 1.82) is 0 Å². The molecule has 0 saturated carbocycles. The number of ether oxygens (including phenoxy) is 1. The van der Waals surface area contributed by atoms with Gasteiger partial charge in [-0.15, -0.1) is 11.8 Å². The van der Waals surface area contributed by atoms with E-state index in [1.807, 2.05) is 59.5 Å². The predicted molar refractivity (Wildman–Crippen MR) is 122 cm³/mol. The van der Waals surface area contributed by atoms with Crippen LogP contribution in [0, 0.1) is 0 Å². The Bertz CT molecular complexity index is 1130. The van der Waals surface area contributed by atoms with E-state index in [2.05, 4.69) is 0 Å². The van der Waals surface area contributed by atoms with Crippen molar-refractivity contribution in [2.75, 3.05) is 24.3 Å². The molecular weight excluding hydrogens is 408 g/mol. The van der Waals surface area contributed by atoms with Crippen molar-refractivity contribution in [1.82, 2.24) is 4.90 Å². The number of carbonyl (C=O) groups is 2. The zero-order valence-electron chi connectivity index (χ0n) is 17.2. The summed E-state index contributed by atoms with van der Waals surface area (Å²) in [6.45, 7) is 0.998. The van der Waals surface area contributed by atoms with Crippen LogP contribution in [0.15, 0.2) is 78.9 Å². The standard InChI is InChI=1S/C25H22N2O3S/c1-30-20-13-11-19(12-14-20)23(28)27-15-16-31-25(27)21-9-5-6-10-22(21)26(24(25)29)17-18-7-3-2-4-8-18/h2-14H,15-17H2,1H3/t25-/m0/s1. The van der Waals surface area contributed by atoms with E-state index in [1.165, 1.54) is 0 Å². The lowest BCUT2D eigenvalue weighted by Gasteiger charge is -2.33. The molecule has 1 spiro atoms. The largest absolute Gasteiger partial charge is 0.497 e. The lowest BCUT2D eigenvalue weighted by molar-refractivity contribution is -0.123. The van der Waals surface area contributed by atoms with Crippen molar-refractivity contribution < 1.29 is 14.3 Å². The Labute approximate surface area is 185 Å². The van der Waals surface area contributed by atoms with Gasteiger partial charge in [0.25, 0.3) is 11.8 Å². The molecule has 1 atom stereocenters. The fourth-order valence-electron chi connectivity index (χ4n) is 4.38. The molecule has 6 heteroatoms. The van der Waals surface area contributed by atoms with Crippen LogP contribution >= 0.6 is 11.8 Å². The second kappa shape index (κ2) is 7.78. The van der Waals surface area contributed by atoms with Crippen molar-refractivity contribution in [2.24, 2.45) is 0 Å². The highest BCUT2D eigenvalue weighted by atomic mass is 32.2. The first-order valence-electron chi connectivity index (χ1n) is 10.2. The van der Waals surface area contributed by atoms with Crippen LogP contribution < -0.4 is 9.64 Å². The molecule has 3 aromatic carbocycles. The molecule has 156 valence electrons. The molecular formula is C25H22N2O3S. The fraction of sp³-hybridized carbons (Fsp3) is 0.200. The van der Waals surface area contributed by atoms with E-state index in [0.717, 1.165) is 16.8 Å². The Hall–Kier alpha value is -3.25. The van der Waals surface area contributed by atoms with Crippen molar-refractivity contribution in [3.63, 3.8) is 0 Å². The number of thioether (sulfide) groups is 1. The number of hydrogen-bond acceptors (Lipinski definition) is 4. The Morgan fingerprint density at radius 1 is 1.00 bits per heavy atom. The SMILES string of the molecule is COc1ccc(C(=O)N2CCS[C@@]23C(=O)N(Cc2ccccc2)c2ccccc23)cc1. The number of para-hydroxylation sites is 1. The van der Waals surface area contributed by atoms with Gasteiger partial charge in [0.2, 0.25) is 0 Å². The Morgan fingerprint density at radius 2 is 1.71 bits per heavy atom. The summed E-state index contributed by atoms with van der Waals surface area (Å²) in [4.78, 5) is 30.0. The van der Waals surface area contributed by atoms with Gasteiger partial charge in [-0.1, -0.05) is 48.5 Å². The van der Waals surface area contributed by atoms with Crippen LogP contribution in [-0.4, -0.2) is 36.1 Å². The molecule has 5 rings (SSSR count). The molecule has 2 aliphatic rings. The quantitative estimate of drug-likeness (QED) is 0.620. The average molecular weight is 431 g/mol.